The van der Waals surface area contributed by atoms with Gasteiger partial charge in [-0.2, -0.15) is 0 Å². The average molecular weight is 505 g/mol. The first-order chi connectivity index (χ1) is 16.0. The van der Waals surface area contributed by atoms with Gasteiger partial charge < -0.3 is 19.9 Å². The number of aromatic amines is 1. The number of carbonyl (C=O) groups excluding carboxylic acids is 3. The fraction of sp³-hybridized carbons (Fsp3) is 0.333. The minimum Gasteiger partial charge on any atom is -0.461 e. The highest BCUT2D eigenvalue weighted by Crippen LogP contribution is 2.34. The lowest BCUT2D eigenvalue weighted by molar-refractivity contribution is -0.134. The number of pyridine rings is 1. The molecule has 10 heteroatoms. The Morgan fingerprint density at radius 1 is 1.24 bits per heavy atom. The minimum atomic E-state index is -1.15. The number of fused-ring (bicyclic) bond motifs is 1. The van der Waals surface area contributed by atoms with Crippen molar-refractivity contribution in [1.29, 1.82) is 0 Å². The molecule has 0 radical (unpaired) electrons. The third kappa shape index (κ3) is 5.87. The Bertz CT molecular complexity index is 1200. The van der Waals surface area contributed by atoms with Gasteiger partial charge >= 0.3 is 5.97 Å². The predicted molar refractivity (Wildman–Crippen MR) is 131 cm³/mol. The molecular formula is C24H26Cl2N4O4. The van der Waals surface area contributed by atoms with E-state index in [-0.39, 0.29) is 18.8 Å². The van der Waals surface area contributed by atoms with Crippen LogP contribution in [0.2, 0.25) is 10.2 Å². The number of nitrogens with one attached hydrogen (secondary N) is 2. The summed E-state index contributed by atoms with van der Waals surface area (Å²) in [5.74, 6) is -1.10. The number of H-pyrrole nitrogens is 1. The van der Waals surface area contributed by atoms with Gasteiger partial charge in [0.2, 0.25) is 12.3 Å². The highest BCUT2D eigenvalue weighted by atomic mass is 35.5. The number of amides is 2. The van der Waals surface area contributed by atoms with Gasteiger partial charge in [-0.15, -0.1) is 0 Å². The summed E-state index contributed by atoms with van der Waals surface area (Å²) in [7, 11) is 0. The summed E-state index contributed by atoms with van der Waals surface area (Å²) in [6.45, 7) is 7.37. The van der Waals surface area contributed by atoms with Crippen LogP contribution >= 0.6 is 23.2 Å². The zero-order chi connectivity index (χ0) is 25.0. The molecule has 1 aromatic carbocycles. The van der Waals surface area contributed by atoms with E-state index in [9.17, 15) is 14.4 Å². The van der Waals surface area contributed by atoms with Crippen LogP contribution in [-0.4, -0.2) is 45.3 Å². The summed E-state index contributed by atoms with van der Waals surface area (Å²) in [5.41, 5.74) is 1.00. The number of nitrogens with zero attached hydrogens (tertiary/aromatic N) is 2. The second-order valence-corrected chi connectivity index (χ2v) is 9.56. The number of hydrogen-bond acceptors (Lipinski definition) is 5. The highest BCUT2D eigenvalue weighted by Gasteiger charge is 2.36. The summed E-state index contributed by atoms with van der Waals surface area (Å²) >= 11 is 12.0. The molecule has 2 aromatic heterocycles. The van der Waals surface area contributed by atoms with Gasteiger partial charge in [-0.05, 0) is 51.5 Å². The van der Waals surface area contributed by atoms with E-state index >= 15 is 0 Å². The van der Waals surface area contributed by atoms with Crippen LogP contribution in [0.15, 0.2) is 36.5 Å². The molecule has 8 nitrogen and oxygen atoms in total. The van der Waals surface area contributed by atoms with E-state index in [1.807, 2.05) is 20.8 Å². The van der Waals surface area contributed by atoms with Crippen LogP contribution in [0.1, 0.15) is 55.4 Å². The molecule has 0 aliphatic heterocycles. The fourth-order valence-electron chi connectivity index (χ4n) is 3.63. The Balaban J connectivity index is 2.21. The maximum absolute atomic E-state index is 13.6. The standard InChI is InChI=1S/C24H26Cl2N4O4/c1-5-34-23(33)20-19(16-8-7-15(25)10-17(16)28-20)21(22(32)29-24(2,3)4)30(13-31)12-14-6-9-18(26)27-11-14/h6-11,13,21,28H,5,12H2,1-4H3,(H,29,32). The number of aromatic nitrogens is 2. The maximum Gasteiger partial charge on any atom is 0.355 e. The lowest BCUT2D eigenvalue weighted by Gasteiger charge is -2.31. The molecule has 3 aromatic rings. The predicted octanol–water partition coefficient (Wildman–Crippen LogP) is 4.66. The van der Waals surface area contributed by atoms with E-state index in [1.54, 1.807) is 37.3 Å². The van der Waals surface area contributed by atoms with Crippen LogP contribution in [-0.2, 0) is 20.9 Å². The molecular weight excluding hydrogens is 479 g/mol. The molecule has 34 heavy (non-hydrogen) atoms. The van der Waals surface area contributed by atoms with Crippen molar-refractivity contribution in [1.82, 2.24) is 20.2 Å². The van der Waals surface area contributed by atoms with E-state index in [4.69, 9.17) is 27.9 Å². The van der Waals surface area contributed by atoms with Gasteiger partial charge in [0.15, 0.2) is 0 Å². The molecule has 2 heterocycles. The molecule has 0 spiro atoms. The zero-order valence-electron chi connectivity index (χ0n) is 19.3. The Kier molecular flexibility index (Phi) is 7.84. The van der Waals surface area contributed by atoms with Gasteiger partial charge in [-0.3, -0.25) is 9.59 Å². The first-order valence-corrected chi connectivity index (χ1v) is 11.4. The van der Waals surface area contributed by atoms with E-state index in [0.717, 1.165) is 0 Å². The summed E-state index contributed by atoms with van der Waals surface area (Å²) < 4.78 is 5.24. The largest absolute Gasteiger partial charge is 0.461 e. The molecule has 2 amide bonds. The topological polar surface area (TPSA) is 104 Å². The second kappa shape index (κ2) is 10.4. The number of esters is 1. The lowest BCUT2D eigenvalue weighted by atomic mass is 9.98. The van der Waals surface area contributed by atoms with Gasteiger partial charge in [0.1, 0.15) is 16.9 Å². The number of halogens is 2. The van der Waals surface area contributed by atoms with Crippen molar-refractivity contribution in [3.8, 4) is 0 Å². The van der Waals surface area contributed by atoms with Gasteiger partial charge in [0.05, 0.1) is 6.61 Å². The first-order valence-electron chi connectivity index (χ1n) is 10.7. The first kappa shape index (κ1) is 25.5. The van der Waals surface area contributed by atoms with Crippen LogP contribution in [0.5, 0.6) is 0 Å². The van der Waals surface area contributed by atoms with Crippen molar-refractivity contribution in [2.45, 2.75) is 45.8 Å². The van der Waals surface area contributed by atoms with Crippen molar-refractivity contribution in [2.24, 2.45) is 0 Å². The maximum atomic E-state index is 13.6. The monoisotopic (exact) mass is 504 g/mol. The van der Waals surface area contributed by atoms with E-state index in [2.05, 4.69) is 15.3 Å². The van der Waals surface area contributed by atoms with Crippen LogP contribution < -0.4 is 5.32 Å². The average Bonchev–Trinajstić information content (AvgIpc) is 3.12. The summed E-state index contributed by atoms with van der Waals surface area (Å²) in [5, 5.41) is 4.25. The Morgan fingerprint density at radius 3 is 2.56 bits per heavy atom. The zero-order valence-corrected chi connectivity index (χ0v) is 20.8. The number of ether oxygens (including phenoxy) is 1. The Labute approximate surface area is 207 Å². The van der Waals surface area contributed by atoms with E-state index < -0.39 is 23.5 Å². The Hall–Kier alpha value is -3.10. The number of rotatable bonds is 8. The van der Waals surface area contributed by atoms with Gasteiger partial charge in [-0.25, -0.2) is 9.78 Å². The molecule has 0 saturated heterocycles. The quantitative estimate of drug-likeness (QED) is 0.263. The molecule has 0 saturated carbocycles. The molecule has 0 aliphatic carbocycles. The summed E-state index contributed by atoms with van der Waals surface area (Å²) in [4.78, 5) is 47.2. The van der Waals surface area contributed by atoms with Crippen molar-refractivity contribution in [2.75, 3.05) is 6.61 Å². The molecule has 0 fully saturated rings. The molecule has 1 unspecified atom stereocenters. The van der Waals surface area contributed by atoms with E-state index in [0.29, 0.717) is 38.6 Å². The Morgan fingerprint density at radius 2 is 1.97 bits per heavy atom. The normalized spacial score (nSPS) is 12.3. The number of carbonyl (C=O) groups is 3. The van der Waals surface area contributed by atoms with Crippen LogP contribution in [0, 0.1) is 0 Å². The third-order valence-electron chi connectivity index (χ3n) is 4.92. The van der Waals surface area contributed by atoms with Gasteiger partial charge in [0.25, 0.3) is 0 Å². The van der Waals surface area contributed by atoms with Crippen LogP contribution in [0.25, 0.3) is 10.9 Å². The minimum absolute atomic E-state index is 0.0540. The van der Waals surface area contributed by atoms with Crippen molar-refractivity contribution in [3.63, 3.8) is 0 Å². The third-order valence-corrected chi connectivity index (χ3v) is 5.38. The molecule has 180 valence electrons. The van der Waals surface area contributed by atoms with E-state index in [1.165, 1.54) is 11.1 Å². The summed E-state index contributed by atoms with van der Waals surface area (Å²) in [6, 6.07) is 7.17. The number of benzene rings is 1. The van der Waals surface area contributed by atoms with Crippen molar-refractivity contribution < 1.29 is 19.1 Å². The fourth-order valence-corrected chi connectivity index (χ4v) is 3.91. The molecule has 3 rings (SSSR count). The highest BCUT2D eigenvalue weighted by molar-refractivity contribution is 6.31. The molecule has 0 bridgehead atoms. The molecule has 1 atom stereocenters. The molecule has 2 N–H and O–H groups in total. The van der Waals surface area contributed by atoms with Crippen molar-refractivity contribution >= 4 is 52.4 Å². The van der Waals surface area contributed by atoms with Gasteiger partial charge in [0, 0.05) is 39.8 Å². The number of hydrogen-bond donors (Lipinski definition) is 2. The van der Waals surface area contributed by atoms with Gasteiger partial charge in [-0.1, -0.05) is 35.3 Å². The molecule has 0 aliphatic rings. The SMILES string of the molecule is CCOC(=O)c1[nH]c2cc(Cl)ccc2c1C(C(=O)NC(C)(C)C)N(C=O)Cc1ccc(Cl)nc1. The second-order valence-electron chi connectivity index (χ2n) is 8.73. The van der Waals surface area contributed by atoms with Crippen LogP contribution in [0.4, 0.5) is 0 Å². The lowest BCUT2D eigenvalue weighted by Crippen LogP contribution is -2.47. The van der Waals surface area contributed by atoms with Crippen LogP contribution in [0.3, 0.4) is 0 Å². The summed E-state index contributed by atoms with van der Waals surface area (Å²) in [6.07, 6.45) is 2.10. The van der Waals surface area contributed by atoms with Crippen molar-refractivity contribution in [3.05, 3.63) is 63.5 Å². The smallest absolute Gasteiger partial charge is 0.355 e.